The zero-order valence-corrected chi connectivity index (χ0v) is 14.1. The maximum Gasteiger partial charge on any atom is 0.410 e. The van der Waals surface area contributed by atoms with E-state index in [1.165, 1.54) is 0 Å². The molecule has 2 amide bonds. The third kappa shape index (κ3) is 7.82. The van der Waals surface area contributed by atoms with Crippen LogP contribution in [0.4, 0.5) is 9.59 Å². The number of nitrogens with two attached hydrogens (primary N) is 1. The van der Waals surface area contributed by atoms with Gasteiger partial charge in [0.1, 0.15) is 6.61 Å². The lowest BCUT2D eigenvalue weighted by Crippen LogP contribution is -2.41. The first-order valence-corrected chi connectivity index (χ1v) is 8.18. The first-order chi connectivity index (χ1) is 11.5. The Balaban J connectivity index is 2.54. The van der Waals surface area contributed by atoms with Crippen LogP contribution in [0.1, 0.15) is 31.7 Å². The fourth-order valence-electron chi connectivity index (χ4n) is 2.26. The molecular formula is C17H27N3O4. The Hall–Kier alpha value is -2.28. The summed E-state index contributed by atoms with van der Waals surface area (Å²) in [5, 5.41) is 10.9. The van der Waals surface area contributed by atoms with Gasteiger partial charge in [-0.05, 0) is 38.3 Å². The number of ether oxygens (including phenoxy) is 1. The molecule has 0 aliphatic heterocycles. The number of benzene rings is 1. The maximum absolute atomic E-state index is 12.4. The molecule has 24 heavy (non-hydrogen) atoms. The molecule has 134 valence electrons. The second-order valence-electron chi connectivity index (χ2n) is 5.60. The van der Waals surface area contributed by atoms with Gasteiger partial charge in [0.15, 0.2) is 0 Å². The molecule has 0 saturated carbocycles. The first kappa shape index (κ1) is 19.8. The molecule has 7 nitrogen and oxygen atoms in total. The zero-order chi connectivity index (χ0) is 17.8. The Morgan fingerprint density at radius 3 is 2.62 bits per heavy atom. The summed E-state index contributed by atoms with van der Waals surface area (Å²) in [6.45, 7) is 3.50. The monoisotopic (exact) mass is 337 g/mol. The molecule has 1 rings (SSSR count). The van der Waals surface area contributed by atoms with Crippen LogP contribution in [0.15, 0.2) is 30.3 Å². The molecule has 0 aromatic heterocycles. The molecule has 1 aromatic rings. The second kappa shape index (κ2) is 11.3. The lowest BCUT2D eigenvalue weighted by atomic mass is 10.2. The lowest BCUT2D eigenvalue weighted by molar-refractivity contribution is 0.0809. The van der Waals surface area contributed by atoms with Crippen molar-refractivity contribution < 1.29 is 19.4 Å². The number of hydrogen-bond acceptors (Lipinski definition) is 4. The van der Waals surface area contributed by atoms with E-state index in [9.17, 15) is 9.59 Å². The van der Waals surface area contributed by atoms with E-state index in [1.807, 2.05) is 37.3 Å². The van der Waals surface area contributed by atoms with Crippen LogP contribution in [0, 0.1) is 0 Å². The normalized spacial score (nSPS) is 11.6. The van der Waals surface area contributed by atoms with Gasteiger partial charge in [0, 0.05) is 19.1 Å². The molecule has 0 spiro atoms. The number of rotatable bonds is 10. The molecule has 7 heteroatoms. The van der Waals surface area contributed by atoms with E-state index in [0.29, 0.717) is 19.5 Å². The van der Waals surface area contributed by atoms with Crippen LogP contribution in [-0.4, -0.2) is 47.9 Å². The summed E-state index contributed by atoms with van der Waals surface area (Å²) >= 11 is 0. The third-order valence-corrected chi connectivity index (χ3v) is 3.66. The van der Waals surface area contributed by atoms with E-state index >= 15 is 0 Å². The highest BCUT2D eigenvalue weighted by atomic mass is 16.6. The quantitative estimate of drug-likeness (QED) is 0.569. The molecule has 0 aliphatic carbocycles. The van der Waals surface area contributed by atoms with Gasteiger partial charge in [-0.1, -0.05) is 30.3 Å². The summed E-state index contributed by atoms with van der Waals surface area (Å²) in [5.41, 5.74) is 6.43. The van der Waals surface area contributed by atoms with Crippen molar-refractivity contribution in [2.45, 2.75) is 38.8 Å². The van der Waals surface area contributed by atoms with Crippen LogP contribution >= 0.6 is 0 Å². The molecule has 0 saturated heterocycles. The number of carbonyl (C=O) groups excluding carboxylic acids is 1. The Bertz CT molecular complexity index is 496. The van der Waals surface area contributed by atoms with Crippen molar-refractivity contribution in [2.24, 2.45) is 5.73 Å². The van der Waals surface area contributed by atoms with Crippen molar-refractivity contribution in [1.29, 1.82) is 0 Å². The van der Waals surface area contributed by atoms with Crippen LogP contribution < -0.4 is 11.1 Å². The van der Waals surface area contributed by atoms with Gasteiger partial charge in [0.25, 0.3) is 0 Å². The summed E-state index contributed by atoms with van der Waals surface area (Å²) in [6, 6.07) is 9.35. The standard InChI is InChI=1S/C17H27N3O4/c1-14(9-11-19-16(21)22)20(12-6-5-10-18)17(23)24-13-15-7-3-2-4-8-15/h2-4,7-8,14,19H,5-6,9-13,18H2,1H3,(H,21,22)/t14-/m1/s1. The van der Waals surface area contributed by atoms with Gasteiger partial charge in [0.05, 0.1) is 0 Å². The Morgan fingerprint density at radius 1 is 1.29 bits per heavy atom. The largest absolute Gasteiger partial charge is 0.465 e. The fraction of sp³-hybridized carbons (Fsp3) is 0.529. The lowest BCUT2D eigenvalue weighted by Gasteiger charge is -2.28. The van der Waals surface area contributed by atoms with Gasteiger partial charge >= 0.3 is 12.2 Å². The van der Waals surface area contributed by atoms with Crippen LogP contribution in [-0.2, 0) is 11.3 Å². The number of carboxylic acid groups (broad SMARTS) is 1. The number of hydrogen-bond donors (Lipinski definition) is 3. The van der Waals surface area contributed by atoms with Gasteiger partial charge in [-0.2, -0.15) is 0 Å². The molecule has 0 unspecified atom stereocenters. The first-order valence-electron chi connectivity index (χ1n) is 8.18. The van der Waals surface area contributed by atoms with E-state index in [1.54, 1.807) is 4.90 Å². The van der Waals surface area contributed by atoms with Gasteiger partial charge in [-0.3, -0.25) is 0 Å². The third-order valence-electron chi connectivity index (χ3n) is 3.66. The van der Waals surface area contributed by atoms with Crippen molar-refractivity contribution >= 4 is 12.2 Å². The molecule has 4 N–H and O–H groups in total. The van der Waals surface area contributed by atoms with Crippen LogP contribution in [0.3, 0.4) is 0 Å². The number of unbranched alkanes of at least 4 members (excludes halogenated alkanes) is 1. The molecule has 0 heterocycles. The summed E-state index contributed by atoms with van der Waals surface area (Å²) in [6.07, 6.45) is 0.674. The van der Waals surface area contributed by atoms with E-state index in [0.717, 1.165) is 18.4 Å². The van der Waals surface area contributed by atoms with Gasteiger partial charge in [-0.25, -0.2) is 9.59 Å². The predicted octanol–water partition coefficient (Wildman–Crippen LogP) is 2.41. The number of carbonyl (C=O) groups is 2. The van der Waals surface area contributed by atoms with Gasteiger partial charge < -0.3 is 25.8 Å². The minimum absolute atomic E-state index is 0.127. The van der Waals surface area contributed by atoms with Crippen molar-refractivity contribution in [3.05, 3.63) is 35.9 Å². The summed E-state index contributed by atoms with van der Waals surface area (Å²) in [4.78, 5) is 24.6. The minimum Gasteiger partial charge on any atom is -0.465 e. The van der Waals surface area contributed by atoms with Crippen LogP contribution in [0.5, 0.6) is 0 Å². The molecule has 1 aromatic carbocycles. The Morgan fingerprint density at radius 2 is 2.00 bits per heavy atom. The van der Waals surface area contributed by atoms with E-state index in [-0.39, 0.29) is 19.2 Å². The molecule has 0 bridgehead atoms. The molecule has 0 fully saturated rings. The van der Waals surface area contributed by atoms with E-state index in [2.05, 4.69) is 5.32 Å². The van der Waals surface area contributed by atoms with Gasteiger partial charge in [-0.15, -0.1) is 0 Å². The topological polar surface area (TPSA) is 105 Å². The average molecular weight is 337 g/mol. The van der Waals surface area contributed by atoms with Crippen molar-refractivity contribution in [3.63, 3.8) is 0 Å². The van der Waals surface area contributed by atoms with Crippen molar-refractivity contribution in [2.75, 3.05) is 19.6 Å². The molecule has 1 atom stereocenters. The predicted molar refractivity (Wildman–Crippen MR) is 91.7 cm³/mol. The smallest absolute Gasteiger partial charge is 0.410 e. The number of nitrogens with zero attached hydrogens (tertiary/aromatic N) is 1. The number of nitrogens with one attached hydrogen (secondary N) is 1. The maximum atomic E-state index is 12.4. The SMILES string of the molecule is C[C@H](CCNC(=O)O)N(CCCCN)C(=O)OCc1ccccc1. The summed E-state index contributed by atoms with van der Waals surface area (Å²) in [7, 11) is 0. The Kier molecular flexibility index (Phi) is 9.29. The fourth-order valence-corrected chi connectivity index (χ4v) is 2.26. The van der Waals surface area contributed by atoms with Crippen LogP contribution in [0.2, 0.25) is 0 Å². The highest BCUT2D eigenvalue weighted by molar-refractivity contribution is 5.68. The molecular weight excluding hydrogens is 310 g/mol. The molecule has 0 aliphatic rings. The van der Waals surface area contributed by atoms with Crippen molar-refractivity contribution in [1.82, 2.24) is 10.2 Å². The highest BCUT2D eigenvalue weighted by Crippen LogP contribution is 2.10. The highest BCUT2D eigenvalue weighted by Gasteiger charge is 2.21. The Labute approximate surface area is 142 Å². The summed E-state index contributed by atoms with van der Waals surface area (Å²) in [5.74, 6) is 0. The molecule has 0 radical (unpaired) electrons. The summed E-state index contributed by atoms with van der Waals surface area (Å²) < 4.78 is 5.39. The number of amides is 2. The minimum atomic E-state index is -1.07. The average Bonchev–Trinajstić information content (AvgIpc) is 2.57. The second-order valence-corrected chi connectivity index (χ2v) is 5.60. The van der Waals surface area contributed by atoms with Crippen LogP contribution in [0.25, 0.3) is 0 Å². The van der Waals surface area contributed by atoms with Crippen molar-refractivity contribution in [3.8, 4) is 0 Å². The zero-order valence-electron chi connectivity index (χ0n) is 14.1. The van der Waals surface area contributed by atoms with Gasteiger partial charge in [0.2, 0.25) is 0 Å². The van der Waals surface area contributed by atoms with E-state index < -0.39 is 12.2 Å². The van der Waals surface area contributed by atoms with E-state index in [4.69, 9.17) is 15.6 Å².